The number of hydrogen-bond donors (Lipinski definition) is 1. The van der Waals surface area contributed by atoms with E-state index in [1.807, 2.05) is 0 Å². The molecule has 3 nitrogen and oxygen atoms in total. The Hall–Kier alpha value is -0.570. The highest BCUT2D eigenvalue weighted by molar-refractivity contribution is 5.76. The third kappa shape index (κ3) is 3.44. The molecule has 0 amide bonds. The van der Waals surface area contributed by atoms with Gasteiger partial charge in [-0.3, -0.25) is 4.79 Å². The number of carbonyl (C=O) groups is 1. The first-order valence-corrected chi connectivity index (χ1v) is 7.10. The molecule has 4 atom stereocenters. The molecular formula is C14H25NO2. The summed E-state index contributed by atoms with van der Waals surface area (Å²) in [5.74, 6) is 1.44. The molecule has 0 aromatic rings. The Balaban J connectivity index is 1.78. The van der Waals surface area contributed by atoms with E-state index in [0.29, 0.717) is 5.92 Å². The van der Waals surface area contributed by atoms with Crippen LogP contribution in [-0.4, -0.2) is 24.7 Å². The highest BCUT2D eigenvalue weighted by atomic mass is 16.5. The average Bonchev–Trinajstić information content (AvgIpc) is 2.35. The monoisotopic (exact) mass is 239 g/mol. The van der Waals surface area contributed by atoms with Crippen molar-refractivity contribution in [1.82, 2.24) is 5.32 Å². The number of hydrogen-bond acceptors (Lipinski definition) is 3. The summed E-state index contributed by atoms with van der Waals surface area (Å²) in [5, 5.41) is 3.25. The maximum absolute atomic E-state index is 12.0. The lowest BCUT2D eigenvalue weighted by molar-refractivity contribution is -0.155. The van der Waals surface area contributed by atoms with E-state index in [9.17, 15) is 4.79 Å². The minimum Gasteiger partial charge on any atom is -0.461 e. The van der Waals surface area contributed by atoms with Gasteiger partial charge in [0.1, 0.15) is 12.1 Å². The Morgan fingerprint density at radius 3 is 2.59 bits per heavy atom. The lowest BCUT2D eigenvalue weighted by Crippen LogP contribution is -2.43. The van der Waals surface area contributed by atoms with E-state index in [-0.39, 0.29) is 18.1 Å². The summed E-state index contributed by atoms with van der Waals surface area (Å²) in [6.07, 6.45) is 6.71. The van der Waals surface area contributed by atoms with Crippen LogP contribution in [0.25, 0.3) is 0 Å². The van der Waals surface area contributed by atoms with Gasteiger partial charge in [0.25, 0.3) is 0 Å². The lowest BCUT2D eigenvalue weighted by Gasteiger charge is -2.33. The van der Waals surface area contributed by atoms with Gasteiger partial charge in [0.2, 0.25) is 0 Å². The van der Waals surface area contributed by atoms with Crippen LogP contribution in [0.2, 0.25) is 0 Å². The first-order valence-electron chi connectivity index (χ1n) is 7.10. The Kier molecular flexibility index (Phi) is 4.43. The van der Waals surface area contributed by atoms with Crippen molar-refractivity contribution in [3.63, 3.8) is 0 Å². The highest BCUT2D eigenvalue weighted by Gasteiger charge is 2.29. The molecular weight excluding hydrogens is 214 g/mol. The predicted octanol–water partition coefficient (Wildman–Crippen LogP) is 2.50. The van der Waals surface area contributed by atoms with E-state index in [1.165, 1.54) is 12.8 Å². The van der Waals surface area contributed by atoms with Gasteiger partial charge in [-0.2, -0.15) is 0 Å². The normalized spacial score (nSPS) is 38.7. The molecule has 2 fully saturated rings. The van der Waals surface area contributed by atoms with Crippen LogP contribution in [0.3, 0.4) is 0 Å². The van der Waals surface area contributed by atoms with Gasteiger partial charge in [-0.15, -0.1) is 0 Å². The van der Waals surface area contributed by atoms with Crippen LogP contribution in [0, 0.1) is 11.8 Å². The fourth-order valence-corrected chi connectivity index (χ4v) is 2.90. The third-order valence-electron chi connectivity index (χ3n) is 4.43. The maximum atomic E-state index is 12.0. The van der Waals surface area contributed by atoms with E-state index in [0.717, 1.165) is 38.1 Å². The fourth-order valence-electron chi connectivity index (χ4n) is 2.90. The van der Waals surface area contributed by atoms with Gasteiger partial charge in [0.15, 0.2) is 0 Å². The molecule has 0 aromatic carbocycles. The first kappa shape index (κ1) is 12.9. The molecule has 0 radical (unpaired) electrons. The summed E-state index contributed by atoms with van der Waals surface area (Å²) in [6, 6.07) is -0.0431. The second-order valence-electron chi connectivity index (χ2n) is 5.83. The quantitative estimate of drug-likeness (QED) is 0.752. The Labute approximate surface area is 104 Å². The number of nitrogens with one attached hydrogen (secondary N) is 1. The highest BCUT2D eigenvalue weighted by Crippen LogP contribution is 2.31. The molecule has 0 spiro atoms. The molecule has 1 N–H and O–H groups in total. The minimum absolute atomic E-state index is 0.0172. The van der Waals surface area contributed by atoms with Crippen molar-refractivity contribution in [2.75, 3.05) is 6.54 Å². The van der Waals surface area contributed by atoms with E-state index in [2.05, 4.69) is 19.2 Å². The van der Waals surface area contributed by atoms with Crippen LogP contribution in [-0.2, 0) is 9.53 Å². The second-order valence-corrected chi connectivity index (χ2v) is 5.83. The molecule has 3 unspecified atom stereocenters. The SMILES string of the molecule is CC1CCC(OC(=O)[C@H]2CCCCN2)CC1C. The number of ether oxygens (including phenoxy) is 1. The average molecular weight is 239 g/mol. The summed E-state index contributed by atoms with van der Waals surface area (Å²) < 4.78 is 5.65. The molecule has 1 saturated carbocycles. The Bertz CT molecular complexity index is 261. The summed E-state index contributed by atoms with van der Waals surface area (Å²) in [5.41, 5.74) is 0. The zero-order valence-corrected chi connectivity index (χ0v) is 11.1. The van der Waals surface area contributed by atoms with Crippen molar-refractivity contribution in [3.05, 3.63) is 0 Å². The van der Waals surface area contributed by atoms with Crippen LogP contribution in [0.15, 0.2) is 0 Å². The van der Waals surface area contributed by atoms with Gasteiger partial charge < -0.3 is 10.1 Å². The largest absolute Gasteiger partial charge is 0.461 e. The van der Waals surface area contributed by atoms with Crippen LogP contribution < -0.4 is 5.32 Å². The molecule has 0 aromatic heterocycles. The van der Waals surface area contributed by atoms with E-state index < -0.39 is 0 Å². The molecule has 3 heteroatoms. The predicted molar refractivity (Wildman–Crippen MR) is 67.7 cm³/mol. The Morgan fingerprint density at radius 2 is 1.94 bits per heavy atom. The molecule has 1 aliphatic heterocycles. The van der Waals surface area contributed by atoms with Crippen molar-refractivity contribution in [1.29, 1.82) is 0 Å². The van der Waals surface area contributed by atoms with Crippen molar-refractivity contribution in [2.24, 2.45) is 11.8 Å². The van der Waals surface area contributed by atoms with Gasteiger partial charge in [0.05, 0.1) is 0 Å². The second kappa shape index (κ2) is 5.85. The molecule has 0 bridgehead atoms. The first-order chi connectivity index (χ1) is 8.16. The third-order valence-corrected chi connectivity index (χ3v) is 4.43. The maximum Gasteiger partial charge on any atom is 0.323 e. The fraction of sp³-hybridized carbons (Fsp3) is 0.929. The molecule has 2 aliphatic rings. The Morgan fingerprint density at radius 1 is 1.12 bits per heavy atom. The molecule has 1 heterocycles. The van der Waals surface area contributed by atoms with Crippen molar-refractivity contribution in [3.8, 4) is 0 Å². The minimum atomic E-state index is -0.0431. The van der Waals surface area contributed by atoms with Crippen LogP contribution in [0.5, 0.6) is 0 Å². The molecule has 2 rings (SSSR count). The van der Waals surface area contributed by atoms with Gasteiger partial charge in [0, 0.05) is 0 Å². The molecule has 1 saturated heterocycles. The smallest absolute Gasteiger partial charge is 0.323 e. The lowest BCUT2D eigenvalue weighted by atomic mass is 9.80. The van der Waals surface area contributed by atoms with Crippen LogP contribution >= 0.6 is 0 Å². The standard InChI is InChI=1S/C14H25NO2/c1-10-6-7-12(9-11(10)2)17-14(16)13-5-3-4-8-15-13/h10-13,15H,3-9H2,1-2H3/t10?,11?,12?,13-/m1/s1. The number of rotatable bonds is 2. The van der Waals surface area contributed by atoms with Gasteiger partial charge >= 0.3 is 5.97 Å². The van der Waals surface area contributed by atoms with Crippen molar-refractivity contribution < 1.29 is 9.53 Å². The van der Waals surface area contributed by atoms with E-state index >= 15 is 0 Å². The summed E-state index contributed by atoms with van der Waals surface area (Å²) in [7, 11) is 0. The van der Waals surface area contributed by atoms with E-state index in [1.54, 1.807) is 0 Å². The summed E-state index contributed by atoms with van der Waals surface area (Å²) in [4.78, 5) is 12.0. The summed E-state index contributed by atoms with van der Waals surface area (Å²) in [6.45, 7) is 5.52. The van der Waals surface area contributed by atoms with Gasteiger partial charge in [-0.25, -0.2) is 0 Å². The number of piperidine rings is 1. The van der Waals surface area contributed by atoms with Gasteiger partial charge in [-0.05, 0) is 50.5 Å². The number of esters is 1. The van der Waals surface area contributed by atoms with Crippen molar-refractivity contribution >= 4 is 5.97 Å². The zero-order chi connectivity index (χ0) is 12.3. The molecule has 1 aliphatic carbocycles. The topological polar surface area (TPSA) is 38.3 Å². The zero-order valence-electron chi connectivity index (χ0n) is 11.1. The molecule has 17 heavy (non-hydrogen) atoms. The number of carbonyl (C=O) groups excluding carboxylic acids is 1. The van der Waals surface area contributed by atoms with Gasteiger partial charge in [-0.1, -0.05) is 20.3 Å². The molecule has 98 valence electrons. The van der Waals surface area contributed by atoms with Crippen LogP contribution in [0.4, 0.5) is 0 Å². The van der Waals surface area contributed by atoms with E-state index in [4.69, 9.17) is 4.74 Å². The summed E-state index contributed by atoms with van der Waals surface area (Å²) >= 11 is 0. The van der Waals surface area contributed by atoms with Crippen LogP contribution in [0.1, 0.15) is 52.4 Å². The van der Waals surface area contributed by atoms with Crippen molar-refractivity contribution in [2.45, 2.75) is 64.5 Å².